The van der Waals surface area contributed by atoms with Crippen molar-refractivity contribution in [1.82, 2.24) is 14.3 Å². The van der Waals surface area contributed by atoms with Crippen LogP contribution < -0.4 is 5.56 Å². The van der Waals surface area contributed by atoms with Crippen molar-refractivity contribution in [2.24, 2.45) is 0 Å². The number of rotatable bonds is 2. The lowest BCUT2D eigenvalue weighted by atomic mass is 10.1. The third-order valence-corrected chi connectivity index (χ3v) is 3.92. The van der Waals surface area contributed by atoms with E-state index in [1.165, 1.54) is 12.1 Å². The molecule has 1 N–H and O–H groups in total. The van der Waals surface area contributed by atoms with E-state index in [0.717, 1.165) is 18.7 Å². The average Bonchev–Trinajstić information content (AvgIpc) is 2.95. The third-order valence-electron chi connectivity index (χ3n) is 3.92. The van der Waals surface area contributed by atoms with Gasteiger partial charge >= 0.3 is 0 Å². The van der Waals surface area contributed by atoms with Gasteiger partial charge in [-0.05, 0) is 32.9 Å². The van der Waals surface area contributed by atoms with Gasteiger partial charge < -0.3 is 9.88 Å². The molecule has 1 unspecified atom stereocenters. The van der Waals surface area contributed by atoms with Crippen molar-refractivity contribution in [2.45, 2.75) is 32.2 Å². The molecule has 4 heteroatoms. The summed E-state index contributed by atoms with van der Waals surface area (Å²) in [7, 11) is 0. The largest absolute Gasteiger partial charge is 0.343 e. The SMILES string of the molecule is CC(C)N1CCC(c2cn3c(=O)cccc3[nH]2)C1. The summed E-state index contributed by atoms with van der Waals surface area (Å²) in [6.45, 7) is 6.70. The van der Waals surface area contributed by atoms with Crippen LogP contribution in [0.2, 0.25) is 0 Å². The second-order valence-electron chi connectivity index (χ2n) is 5.40. The molecule has 0 saturated carbocycles. The van der Waals surface area contributed by atoms with Gasteiger partial charge in [0.2, 0.25) is 0 Å². The molecule has 1 saturated heterocycles. The van der Waals surface area contributed by atoms with Gasteiger partial charge in [-0.15, -0.1) is 0 Å². The number of fused-ring (bicyclic) bond motifs is 1. The van der Waals surface area contributed by atoms with Crippen LogP contribution in [0.25, 0.3) is 5.65 Å². The number of hydrogen-bond donors (Lipinski definition) is 1. The van der Waals surface area contributed by atoms with Crippen molar-refractivity contribution >= 4 is 5.65 Å². The fraction of sp³-hybridized carbons (Fsp3) is 0.500. The number of pyridine rings is 1. The molecule has 2 aromatic rings. The number of nitrogens with zero attached hydrogens (tertiary/aromatic N) is 2. The van der Waals surface area contributed by atoms with E-state index >= 15 is 0 Å². The lowest BCUT2D eigenvalue weighted by Gasteiger charge is -2.19. The average molecular weight is 245 g/mol. The maximum absolute atomic E-state index is 11.7. The summed E-state index contributed by atoms with van der Waals surface area (Å²) in [6, 6.07) is 5.94. The molecule has 4 nitrogen and oxygen atoms in total. The molecular weight excluding hydrogens is 226 g/mol. The van der Waals surface area contributed by atoms with Crippen molar-refractivity contribution in [3.05, 3.63) is 40.4 Å². The number of aromatic amines is 1. The lowest BCUT2D eigenvalue weighted by Crippen LogP contribution is -2.27. The van der Waals surface area contributed by atoms with Crippen molar-refractivity contribution in [2.75, 3.05) is 13.1 Å². The smallest absolute Gasteiger partial charge is 0.256 e. The van der Waals surface area contributed by atoms with E-state index in [-0.39, 0.29) is 5.56 Å². The van der Waals surface area contributed by atoms with Crippen LogP contribution in [0.1, 0.15) is 31.9 Å². The zero-order valence-electron chi connectivity index (χ0n) is 10.9. The van der Waals surface area contributed by atoms with Gasteiger partial charge in [0, 0.05) is 36.5 Å². The molecule has 96 valence electrons. The first-order chi connectivity index (χ1) is 8.65. The number of imidazole rings is 1. The van der Waals surface area contributed by atoms with Crippen LogP contribution in [-0.2, 0) is 0 Å². The minimum atomic E-state index is 0.0358. The monoisotopic (exact) mass is 245 g/mol. The maximum Gasteiger partial charge on any atom is 0.256 e. The molecule has 1 atom stereocenters. The van der Waals surface area contributed by atoms with Crippen LogP contribution in [-0.4, -0.2) is 33.4 Å². The fourth-order valence-corrected chi connectivity index (χ4v) is 2.77. The van der Waals surface area contributed by atoms with Crippen LogP contribution >= 0.6 is 0 Å². The van der Waals surface area contributed by atoms with Gasteiger partial charge in [0.05, 0.1) is 0 Å². The first-order valence-electron chi connectivity index (χ1n) is 6.59. The molecule has 0 aromatic carbocycles. The Kier molecular flexibility index (Phi) is 2.74. The maximum atomic E-state index is 11.7. The summed E-state index contributed by atoms with van der Waals surface area (Å²) in [5, 5.41) is 0. The van der Waals surface area contributed by atoms with E-state index in [1.54, 1.807) is 16.5 Å². The Hall–Kier alpha value is -1.55. The molecule has 0 spiro atoms. The second kappa shape index (κ2) is 4.28. The molecule has 2 aromatic heterocycles. The lowest BCUT2D eigenvalue weighted by molar-refractivity contribution is 0.272. The summed E-state index contributed by atoms with van der Waals surface area (Å²) in [4.78, 5) is 17.6. The molecule has 0 aliphatic carbocycles. The Bertz CT molecular complexity index is 611. The van der Waals surface area contributed by atoms with E-state index in [0.29, 0.717) is 12.0 Å². The third kappa shape index (κ3) is 1.86. The summed E-state index contributed by atoms with van der Waals surface area (Å²) < 4.78 is 1.70. The Morgan fingerprint density at radius 3 is 2.89 bits per heavy atom. The van der Waals surface area contributed by atoms with Crippen molar-refractivity contribution < 1.29 is 0 Å². The van der Waals surface area contributed by atoms with E-state index in [9.17, 15) is 4.79 Å². The highest BCUT2D eigenvalue weighted by molar-refractivity contribution is 5.40. The standard InChI is InChI=1S/C14H19N3O/c1-10(2)16-7-6-11(8-16)12-9-17-13(15-12)4-3-5-14(17)18/h3-5,9-11,15H,6-8H2,1-2H3. The Morgan fingerprint density at radius 2 is 2.22 bits per heavy atom. The molecule has 0 bridgehead atoms. The Morgan fingerprint density at radius 1 is 1.39 bits per heavy atom. The normalized spacial score (nSPS) is 21.2. The van der Waals surface area contributed by atoms with E-state index in [2.05, 4.69) is 23.7 Å². The van der Waals surface area contributed by atoms with Gasteiger partial charge in [-0.3, -0.25) is 9.20 Å². The predicted molar refractivity (Wildman–Crippen MR) is 72.1 cm³/mol. The Labute approximate surface area is 106 Å². The van der Waals surface area contributed by atoms with Crippen molar-refractivity contribution in [3.63, 3.8) is 0 Å². The predicted octanol–water partition coefficient (Wildman–Crippen LogP) is 1.83. The van der Waals surface area contributed by atoms with Crippen LogP contribution in [0.5, 0.6) is 0 Å². The second-order valence-corrected chi connectivity index (χ2v) is 5.40. The van der Waals surface area contributed by atoms with Crippen molar-refractivity contribution in [1.29, 1.82) is 0 Å². The number of hydrogen-bond acceptors (Lipinski definition) is 2. The molecule has 1 aliphatic rings. The highest BCUT2D eigenvalue weighted by Crippen LogP contribution is 2.27. The molecule has 1 fully saturated rings. The fourth-order valence-electron chi connectivity index (χ4n) is 2.77. The quantitative estimate of drug-likeness (QED) is 0.877. The topological polar surface area (TPSA) is 40.5 Å². The number of H-pyrrole nitrogens is 1. The minimum Gasteiger partial charge on any atom is -0.343 e. The van der Waals surface area contributed by atoms with Crippen LogP contribution in [0, 0.1) is 0 Å². The Balaban J connectivity index is 1.92. The highest BCUT2D eigenvalue weighted by Gasteiger charge is 2.26. The number of nitrogens with one attached hydrogen (secondary N) is 1. The molecule has 0 radical (unpaired) electrons. The molecular formula is C14H19N3O. The van der Waals surface area contributed by atoms with Gasteiger partial charge in [-0.25, -0.2) is 0 Å². The van der Waals surface area contributed by atoms with E-state index in [4.69, 9.17) is 0 Å². The number of likely N-dealkylation sites (tertiary alicyclic amines) is 1. The first-order valence-corrected chi connectivity index (χ1v) is 6.59. The van der Waals surface area contributed by atoms with Gasteiger partial charge in [0.25, 0.3) is 5.56 Å². The molecule has 3 rings (SSSR count). The summed E-state index contributed by atoms with van der Waals surface area (Å²) >= 11 is 0. The summed E-state index contributed by atoms with van der Waals surface area (Å²) in [6.07, 6.45) is 3.13. The van der Waals surface area contributed by atoms with Crippen LogP contribution in [0.4, 0.5) is 0 Å². The molecule has 3 heterocycles. The summed E-state index contributed by atoms with van der Waals surface area (Å²) in [5.74, 6) is 0.520. The first kappa shape index (κ1) is 11.5. The molecule has 1 aliphatic heterocycles. The van der Waals surface area contributed by atoms with E-state index < -0.39 is 0 Å². The van der Waals surface area contributed by atoms with E-state index in [1.807, 2.05) is 12.3 Å². The van der Waals surface area contributed by atoms with Crippen LogP contribution in [0.3, 0.4) is 0 Å². The summed E-state index contributed by atoms with van der Waals surface area (Å²) in [5.41, 5.74) is 2.11. The molecule has 0 amide bonds. The number of aromatic nitrogens is 2. The van der Waals surface area contributed by atoms with Gasteiger partial charge in [-0.1, -0.05) is 6.07 Å². The van der Waals surface area contributed by atoms with Gasteiger partial charge in [0.1, 0.15) is 5.65 Å². The van der Waals surface area contributed by atoms with Gasteiger partial charge in [0.15, 0.2) is 0 Å². The zero-order chi connectivity index (χ0) is 12.7. The zero-order valence-corrected chi connectivity index (χ0v) is 10.9. The minimum absolute atomic E-state index is 0.0358. The van der Waals surface area contributed by atoms with Gasteiger partial charge in [-0.2, -0.15) is 0 Å². The van der Waals surface area contributed by atoms with Crippen molar-refractivity contribution in [3.8, 4) is 0 Å². The highest BCUT2D eigenvalue weighted by atomic mass is 16.1. The molecule has 18 heavy (non-hydrogen) atoms. The van der Waals surface area contributed by atoms with Crippen LogP contribution in [0.15, 0.2) is 29.2 Å².